The normalized spacial score (nSPS) is 9.70. The molecule has 2 N–H and O–H groups in total. The van der Waals surface area contributed by atoms with Gasteiger partial charge in [0.1, 0.15) is 12.4 Å². The largest absolute Gasteiger partial charge is 0.464 e. The summed E-state index contributed by atoms with van der Waals surface area (Å²) in [5.41, 5.74) is 1.76. The number of benzene rings is 1. The summed E-state index contributed by atoms with van der Waals surface area (Å²) in [6.45, 7) is 4.01. The number of hydrogen-bond acceptors (Lipinski definition) is 6. The molecule has 0 spiro atoms. The van der Waals surface area contributed by atoms with Crippen molar-refractivity contribution in [2.24, 2.45) is 0 Å². The van der Waals surface area contributed by atoms with E-state index in [0.717, 1.165) is 15.9 Å². The molecule has 0 atom stereocenters. The number of nitrogens with one attached hydrogen (secondary N) is 2. The van der Waals surface area contributed by atoms with Crippen LogP contribution in [0.3, 0.4) is 0 Å². The second-order valence-electron chi connectivity index (χ2n) is 4.62. The molecular weight excluding hydrogens is 384 g/mol. The number of rotatable bonds is 6. The van der Waals surface area contributed by atoms with E-state index in [1.165, 1.54) is 6.92 Å². The van der Waals surface area contributed by atoms with Gasteiger partial charge in [0.05, 0.1) is 6.54 Å². The summed E-state index contributed by atoms with van der Waals surface area (Å²) < 4.78 is 5.84. The van der Waals surface area contributed by atoms with E-state index in [4.69, 9.17) is 4.74 Å². The molecule has 0 aliphatic rings. The minimum absolute atomic E-state index is 0. The Labute approximate surface area is 149 Å². The fourth-order valence-corrected chi connectivity index (χ4v) is 2.18. The average molecular weight is 402 g/mol. The van der Waals surface area contributed by atoms with Crippen LogP contribution in [0.5, 0.6) is 0 Å². The van der Waals surface area contributed by atoms with E-state index in [1.807, 2.05) is 37.3 Å². The second-order valence-corrected chi connectivity index (χ2v) is 5.54. The summed E-state index contributed by atoms with van der Waals surface area (Å²) in [6.07, 6.45) is 0. The lowest BCUT2D eigenvalue weighted by Gasteiger charge is -2.10. The first-order valence-electron chi connectivity index (χ1n) is 6.78. The summed E-state index contributed by atoms with van der Waals surface area (Å²) in [5, 5.41) is 6.26. The number of halogens is 2. The Morgan fingerprint density at radius 1 is 1.30 bits per heavy atom. The molecule has 0 saturated heterocycles. The van der Waals surface area contributed by atoms with Gasteiger partial charge in [-0.25, -0.2) is 4.98 Å². The minimum Gasteiger partial charge on any atom is -0.464 e. The van der Waals surface area contributed by atoms with Crippen molar-refractivity contribution in [2.45, 2.75) is 13.8 Å². The molecule has 1 aromatic carbocycles. The van der Waals surface area contributed by atoms with Gasteiger partial charge in [0.15, 0.2) is 0 Å². The third-order valence-corrected chi connectivity index (χ3v) is 3.13. The molecular formula is C15H18BrClN4O2. The smallest absolute Gasteiger partial charge is 0.302 e. The fraction of sp³-hybridized carbons (Fsp3) is 0.267. The SMILES string of the molecule is CC(=O)OCCNc1nc(C)cc(Nc2cccc(Br)c2)n1.Cl. The summed E-state index contributed by atoms with van der Waals surface area (Å²) in [4.78, 5) is 19.4. The van der Waals surface area contributed by atoms with Gasteiger partial charge in [0.25, 0.3) is 0 Å². The van der Waals surface area contributed by atoms with Gasteiger partial charge in [-0.3, -0.25) is 4.79 Å². The van der Waals surface area contributed by atoms with Gasteiger partial charge in [0.2, 0.25) is 5.95 Å². The lowest BCUT2D eigenvalue weighted by atomic mass is 10.3. The first-order chi connectivity index (χ1) is 10.5. The van der Waals surface area contributed by atoms with E-state index >= 15 is 0 Å². The highest BCUT2D eigenvalue weighted by atomic mass is 79.9. The number of aryl methyl sites for hydroxylation is 1. The summed E-state index contributed by atoms with van der Waals surface area (Å²) in [5.74, 6) is 0.884. The molecule has 0 bridgehead atoms. The highest BCUT2D eigenvalue weighted by Gasteiger charge is 2.03. The van der Waals surface area contributed by atoms with Crippen molar-refractivity contribution in [2.75, 3.05) is 23.8 Å². The number of ether oxygens (including phenoxy) is 1. The van der Waals surface area contributed by atoms with E-state index in [9.17, 15) is 4.79 Å². The van der Waals surface area contributed by atoms with Crippen molar-refractivity contribution in [1.82, 2.24) is 9.97 Å². The van der Waals surface area contributed by atoms with E-state index < -0.39 is 0 Å². The van der Waals surface area contributed by atoms with Crippen molar-refractivity contribution in [1.29, 1.82) is 0 Å². The van der Waals surface area contributed by atoms with Crippen LogP contribution < -0.4 is 10.6 Å². The van der Waals surface area contributed by atoms with Crippen LogP contribution in [-0.2, 0) is 9.53 Å². The predicted molar refractivity (Wildman–Crippen MR) is 96.6 cm³/mol. The average Bonchev–Trinajstić information content (AvgIpc) is 2.43. The van der Waals surface area contributed by atoms with Crippen molar-refractivity contribution in [3.63, 3.8) is 0 Å². The first kappa shape index (κ1) is 19.2. The topological polar surface area (TPSA) is 76.1 Å². The quantitative estimate of drug-likeness (QED) is 0.568. The van der Waals surface area contributed by atoms with E-state index in [1.54, 1.807) is 0 Å². The van der Waals surface area contributed by atoms with Crippen LogP contribution in [0.1, 0.15) is 12.6 Å². The molecule has 0 radical (unpaired) electrons. The molecule has 1 aromatic heterocycles. The van der Waals surface area contributed by atoms with Crippen LogP contribution in [0.4, 0.5) is 17.5 Å². The summed E-state index contributed by atoms with van der Waals surface area (Å²) in [6, 6.07) is 9.68. The Morgan fingerprint density at radius 3 is 2.78 bits per heavy atom. The van der Waals surface area contributed by atoms with Gasteiger partial charge in [-0.2, -0.15) is 4.98 Å². The zero-order valence-electron chi connectivity index (χ0n) is 12.8. The zero-order chi connectivity index (χ0) is 15.9. The van der Waals surface area contributed by atoms with Crippen LogP contribution in [0, 0.1) is 6.92 Å². The van der Waals surface area contributed by atoms with Crippen LogP contribution in [0.2, 0.25) is 0 Å². The molecule has 8 heteroatoms. The van der Waals surface area contributed by atoms with Gasteiger partial charge in [0, 0.05) is 28.8 Å². The van der Waals surface area contributed by atoms with Crippen LogP contribution in [0.15, 0.2) is 34.8 Å². The lowest BCUT2D eigenvalue weighted by molar-refractivity contribution is -0.140. The Kier molecular flexibility index (Phi) is 7.77. The molecule has 0 aliphatic heterocycles. The third kappa shape index (κ3) is 6.83. The molecule has 0 amide bonds. The number of esters is 1. The van der Waals surface area contributed by atoms with Crippen LogP contribution in [-0.4, -0.2) is 29.1 Å². The third-order valence-electron chi connectivity index (χ3n) is 2.64. The molecule has 124 valence electrons. The Bertz CT molecular complexity index is 670. The minimum atomic E-state index is -0.302. The maximum atomic E-state index is 10.7. The maximum absolute atomic E-state index is 10.7. The van der Waals surface area contributed by atoms with E-state index in [2.05, 4.69) is 36.5 Å². The maximum Gasteiger partial charge on any atom is 0.302 e. The van der Waals surface area contributed by atoms with Crippen molar-refractivity contribution in [3.8, 4) is 0 Å². The number of anilines is 3. The Balaban J connectivity index is 0.00000264. The number of carbonyl (C=O) groups excluding carboxylic acids is 1. The van der Waals surface area contributed by atoms with Gasteiger partial charge in [-0.15, -0.1) is 12.4 Å². The molecule has 2 rings (SSSR count). The van der Waals surface area contributed by atoms with Crippen molar-refractivity contribution < 1.29 is 9.53 Å². The van der Waals surface area contributed by atoms with Gasteiger partial charge in [-0.1, -0.05) is 22.0 Å². The molecule has 2 aromatic rings. The van der Waals surface area contributed by atoms with Gasteiger partial charge in [-0.05, 0) is 25.1 Å². The number of carbonyl (C=O) groups is 1. The number of aromatic nitrogens is 2. The highest BCUT2D eigenvalue weighted by molar-refractivity contribution is 9.10. The Hall–Kier alpha value is -1.86. The number of nitrogens with zero attached hydrogens (tertiary/aromatic N) is 2. The highest BCUT2D eigenvalue weighted by Crippen LogP contribution is 2.20. The van der Waals surface area contributed by atoms with Crippen molar-refractivity contribution >= 4 is 51.8 Å². The van der Waals surface area contributed by atoms with E-state index in [-0.39, 0.29) is 25.0 Å². The fourth-order valence-electron chi connectivity index (χ4n) is 1.78. The summed E-state index contributed by atoms with van der Waals surface area (Å²) >= 11 is 3.43. The molecule has 1 heterocycles. The Morgan fingerprint density at radius 2 is 2.09 bits per heavy atom. The van der Waals surface area contributed by atoms with Crippen LogP contribution >= 0.6 is 28.3 Å². The molecule has 6 nitrogen and oxygen atoms in total. The van der Waals surface area contributed by atoms with E-state index in [0.29, 0.717) is 18.3 Å². The summed E-state index contributed by atoms with van der Waals surface area (Å²) in [7, 11) is 0. The van der Waals surface area contributed by atoms with Gasteiger partial charge < -0.3 is 15.4 Å². The predicted octanol–water partition coefficient (Wildman–Crippen LogP) is 3.69. The lowest BCUT2D eigenvalue weighted by Crippen LogP contribution is -2.14. The first-order valence-corrected chi connectivity index (χ1v) is 7.58. The molecule has 0 saturated carbocycles. The van der Waals surface area contributed by atoms with Crippen LogP contribution in [0.25, 0.3) is 0 Å². The van der Waals surface area contributed by atoms with Crippen molar-refractivity contribution in [3.05, 3.63) is 40.5 Å². The molecule has 0 aliphatic carbocycles. The molecule has 0 fully saturated rings. The number of hydrogen-bond donors (Lipinski definition) is 2. The zero-order valence-corrected chi connectivity index (χ0v) is 15.2. The second kappa shape index (κ2) is 9.32. The standard InChI is InChI=1S/C15H17BrN4O2.ClH/c1-10-8-14(19-13-5-3-4-12(16)9-13)20-15(18-10)17-6-7-22-11(2)21;/h3-5,8-9H,6-7H2,1-2H3,(H2,17,18,19,20);1H. The molecule has 0 unspecified atom stereocenters. The monoisotopic (exact) mass is 400 g/mol. The van der Waals surface area contributed by atoms with Gasteiger partial charge >= 0.3 is 5.97 Å². The molecule has 23 heavy (non-hydrogen) atoms.